The highest BCUT2D eigenvalue weighted by Gasteiger charge is 2.09. The lowest BCUT2D eigenvalue weighted by Gasteiger charge is -2.24. The molecular formula is C14H16N2OS. The maximum absolute atomic E-state index is 5.40. The molecule has 0 aliphatic heterocycles. The van der Waals surface area contributed by atoms with E-state index in [9.17, 15) is 0 Å². The van der Waals surface area contributed by atoms with Crippen molar-refractivity contribution in [2.24, 2.45) is 0 Å². The summed E-state index contributed by atoms with van der Waals surface area (Å²) in [6.07, 6.45) is 1.66. The van der Waals surface area contributed by atoms with Crippen LogP contribution in [0.5, 0.6) is 0 Å². The fourth-order valence-corrected chi connectivity index (χ4v) is 2.03. The van der Waals surface area contributed by atoms with Gasteiger partial charge in [0.05, 0.1) is 12.8 Å². The van der Waals surface area contributed by atoms with Crippen LogP contribution in [0.25, 0.3) is 0 Å². The Hall–Kier alpha value is -1.81. The molecule has 0 aliphatic carbocycles. The molecule has 0 unspecified atom stereocenters. The smallest absolute Gasteiger partial charge is 0.173 e. The Morgan fingerprint density at radius 1 is 1.22 bits per heavy atom. The van der Waals surface area contributed by atoms with E-state index in [0.29, 0.717) is 11.7 Å². The Morgan fingerprint density at radius 2 is 2.00 bits per heavy atom. The molecule has 0 radical (unpaired) electrons. The zero-order chi connectivity index (χ0) is 12.8. The van der Waals surface area contributed by atoms with Gasteiger partial charge >= 0.3 is 0 Å². The van der Waals surface area contributed by atoms with Crippen LogP contribution < -0.4 is 10.2 Å². The highest BCUT2D eigenvalue weighted by Crippen LogP contribution is 2.13. The van der Waals surface area contributed by atoms with Gasteiger partial charge in [0, 0.05) is 12.2 Å². The summed E-state index contributed by atoms with van der Waals surface area (Å²) in [5, 5.41) is 3.91. The molecule has 0 saturated heterocycles. The molecule has 1 aromatic carbocycles. The minimum atomic E-state index is 0.606. The number of para-hydroxylation sites is 1. The highest BCUT2D eigenvalue weighted by atomic mass is 32.1. The molecule has 1 N–H and O–H groups in total. The Morgan fingerprint density at radius 3 is 2.61 bits per heavy atom. The number of nitrogens with one attached hydrogen (secondary N) is 1. The summed E-state index contributed by atoms with van der Waals surface area (Å²) in [5.41, 5.74) is 1.09. The molecule has 3 nitrogen and oxygen atoms in total. The summed E-state index contributed by atoms with van der Waals surface area (Å²) in [6, 6.07) is 13.9. The fourth-order valence-electron chi connectivity index (χ4n) is 1.72. The number of nitrogens with zero attached hydrogens (tertiary/aromatic N) is 1. The minimum Gasteiger partial charge on any atom is -0.467 e. The first kappa shape index (κ1) is 12.6. The molecule has 0 saturated carbocycles. The number of hydrogen-bond donors (Lipinski definition) is 1. The zero-order valence-electron chi connectivity index (χ0n) is 10.3. The Labute approximate surface area is 112 Å². The minimum absolute atomic E-state index is 0.606. The Kier molecular flexibility index (Phi) is 4.36. The lowest BCUT2D eigenvalue weighted by Crippen LogP contribution is -2.39. The van der Waals surface area contributed by atoms with Crippen LogP contribution in [-0.2, 0) is 6.54 Å². The summed E-state index contributed by atoms with van der Waals surface area (Å²) < 4.78 is 5.26. The standard InChI is InChI=1S/C14H16N2OS/c1-2-16(12-7-4-3-5-8-12)14(18)15-11-13-9-6-10-17-13/h3-10H,2,11H2,1H3,(H,15,18). The SMILES string of the molecule is CCN(C(=S)NCc1ccco1)c1ccccc1. The molecule has 0 atom stereocenters. The molecule has 1 aromatic heterocycles. The van der Waals surface area contributed by atoms with Crippen LogP contribution in [-0.4, -0.2) is 11.7 Å². The third-order valence-electron chi connectivity index (χ3n) is 2.62. The van der Waals surface area contributed by atoms with Crippen molar-refractivity contribution in [3.05, 3.63) is 54.5 Å². The van der Waals surface area contributed by atoms with E-state index in [1.165, 1.54) is 0 Å². The quantitative estimate of drug-likeness (QED) is 0.855. The molecule has 4 heteroatoms. The Bertz CT molecular complexity index is 482. The fraction of sp³-hybridized carbons (Fsp3) is 0.214. The third kappa shape index (κ3) is 3.11. The average Bonchev–Trinajstić information content (AvgIpc) is 2.92. The summed E-state index contributed by atoms with van der Waals surface area (Å²) in [4.78, 5) is 2.05. The van der Waals surface area contributed by atoms with Crippen LogP contribution >= 0.6 is 12.2 Å². The van der Waals surface area contributed by atoms with Crippen molar-refractivity contribution in [2.75, 3.05) is 11.4 Å². The van der Waals surface area contributed by atoms with Crippen LogP contribution in [0, 0.1) is 0 Å². The number of furan rings is 1. The van der Waals surface area contributed by atoms with Gasteiger partial charge in [-0.05, 0) is 43.4 Å². The van der Waals surface area contributed by atoms with E-state index in [1.807, 2.05) is 42.5 Å². The zero-order valence-corrected chi connectivity index (χ0v) is 11.1. The molecular weight excluding hydrogens is 244 g/mol. The van der Waals surface area contributed by atoms with E-state index in [4.69, 9.17) is 16.6 Å². The molecule has 0 amide bonds. The molecule has 0 fully saturated rings. The number of anilines is 1. The van der Waals surface area contributed by atoms with E-state index in [2.05, 4.69) is 17.1 Å². The van der Waals surface area contributed by atoms with E-state index in [-0.39, 0.29) is 0 Å². The number of hydrogen-bond acceptors (Lipinski definition) is 2. The van der Waals surface area contributed by atoms with Crippen molar-refractivity contribution >= 4 is 23.0 Å². The second-order valence-electron chi connectivity index (χ2n) is 3.82. The molecule has 0 spiro atoms. The van der Waals surface area contributed by atoms with Gasteiger partial charge in [-0.15, -0.1) is 0 Å². The number of benzene rings is 1. The first-order valence-corrected chi connectivity index (χ1v) is 6.35. The molecule has 94 valence electrons. The summed E-state index contributed by atoms with van der Waals surface area (Å²) >= 11 is 5.40. The van der Waals surface area contributed by atoms with Gasteiger partial charge in [-0.1, -0.05) is 18.2 Å². The van der Waals surface area contributed by atoms with Crippen LogP contribution in [0.2, 0.25) is 0 Å². The van der Waals surface area contributed by atoms with Crippen molar-refractivity contribution in [3.8, 4) is 0 Å². The summed E-state index contributed by atoms with van der Waals surface area (Å²) in [7, 11) is 0. The lowest BCUT2D eigenvalue weighted by atomic mass is 10.3. The molecule has 0 aliphatic rings. The van der Waals surface area contributed by atoms with Gasteiger partial charge in [0.1, 0.15) is 5.76 Å². The van der Waals surface area contributed by atoms with Crippen LogP contribution in [0.3, 0.4) is 0 Å². The normalized spacial score (nSPS) is 10.1. The van der Waals surface area contributed by atoms with Gasteiger partial charge in [0.2, 0.25) is 0 Å². The van der Waals surface area contributed by atoms with Crippen LogP contribution in [0.4, 0.5) is 5.69 Å². The summed E-state index contributed by atoms with van der Waals surface area (Å²) in [6.45, 7) is 3.51. The molecule has 0 bridgehead atoms. The second kappa shape index (κ2) is 6.21. The van der Waals surface area contributed by atoms with Crippen molar-refractivity contribution in [2.45, 2.75) is 13.5 Å². The lowest BCUT2D eigenvalue weighted by molar-refractivity contribution is 0.503. The van der Waals surface area contributed by atoms with Crippen LogP contribution in [0.1, 0.15) is 12.7 Å². The van der Waals surface area contributed by atoms with Crippen molar-refractivity contribution < 1.29 is 4.42 Å². The van der Waals surface area contributed by atoms with Gasteiger partial charge in [0.15, 0.2) is 5.11 Å². The molecule has 1 heterocycles. The van der Waals surface area contributed by atoms with E-state index in [0.717, 1.165) is 18.0 Å². The first-order chi connectivity index (χ1) is 8.81. The van der Waals surface area contributed by atoms with Gasteiger partial charge in [0.25, 0.3) is 0 Å². The third-order valence-corrected chi connectivity index (χ3v) is 2.99. The van der Waals surface area contributed by atoms with Gasteiger partial charge in [-0.25, -0.2) is 0 Å². The largest absolute Gasteiger partial charge is 0.467 e. The maximum atomic E-state index is 5.40. The first-order valence-electron chi connectivity index (χ1n) is 5.94. The predicted octanol–water partition coefficient (Wildman–Crippen LogP) is 3.18. The average molecular weight is 260 g/mol. The summed E-state index contributed by atoms with van der Waals surface area (Å²) in [5.74, 6) is 0.876. The van der Waals surface area contributed by atoms with Gasteiger partial charge in [-0.2, -0.15) is 0 Å². The molecule has 2 aromatic rings. The van der Waals surface area contributed by atoms with Gasteiger partial charge < -0.3 is 14.6 Å². The van der Waals surface area contributed by atoms with Crippen molar-refractivity contribution in [1.82, 2.24) is 5.32 Å². The van der Waals surface area contributed by atoms with Crippen molar-refractivity contribution in [1.29, 1.82) is 0 Å². The maximum Gasteiger partial charge on any atom is 0.173 e. The van der Waals surface area contributed by atoms with E-state index in [1.54, 1.807) is 6.26 Å². The predicted molar refractivity (Wildman–Crippen MR) is 77.6 cm³/mol. The highest BCUT2D eigenvalue weighted by molar-refractivity contribution is 7.80. The molecule has 18 heavy (non-hydrogen) atoms. The Balaban J connectivity index is 1.98. The van der Waals surface area contributed by atoms with Gasteiger partial charge in [-0.3, -0.25) is 0 Å². The van der Waals surface area contributed by atoms with E-state index < -0.39 is 0 Å². The van der Waals surface area contributed by atoms with E-state index >= 15 is 0 Å². The van der Waals surface area contributed by atoms with Crippen LogP contribution in [0.15, 0.2) is 53.1 Å². The number of thiocarbonyl (C=S) groups is 1. The van der Waals surface area contributed by atoms with Crippen molar-refractivity contribution in [3.63, 3.8) is 0 Å². The second-order valence-corrected chi connectivity index (χ2v) is 4.20. The number of rotatable bonds is 4. The molecule has 2 rings (SSSR count). The topological polar surface area (TPSA) is 28.4 Å². The monoisotopic (exact) mass is 260 g/mol.